The molecule has 0 saturated heterocycles. The van der Waals surface area contributed by atoms with Crippen LogP contribution in [0.2, 0.25) is 0 Å². The summed E-state index contributed by atoms with van der Waals surface area (Å²) in [5.74, 6) is 0.00472. The molecule has 16 heavy (non-hydrogen) atoms. The van der Waals surface area contributed by atoms with Crippen molar-refractivity contribution in [3.63, 3.8) is 0 Å². The molecule has 1 aromatic rings. The Bertz CT molecular complexity index is 394. The van der Waals surface area contributed by atoms with E-state index < -0.39 is 5.41 Å². The number of carbonyl (C=O) groups is 1. The van der Waals surface area contributed by atoms with Gasteiger partial charge < -0.3 is 16.2 Å². The van der Waals surface area contributed by atoms with Gasteiger partial charge in [0.25, 0.3) is 0 Å². The number of rotatable bonds is 3. The molecule has 4 heteroatoms. The van der Waals surface area contributed by atoms with Crippen molar-refractivity contribution in [2.45, 2.75) is 19.3 Å². The van der Waals surface area contributed by atoms with Crippen LogP contribution in [-0.2, 0) is 4.79 Å². The van der Waals surface area contributed by atoms with Crippen molar-refractivity contribution in [2.75, 3.05) is 11.9 Å². The van der Waals surface area contributed by atoms with Crippen LogP contribution in [0.25, 0.3) is 0 Å². The SMILES string of the molecule is NCC1(C(=O)Nc2ccccc2O)CCC1. The monoisotopic (exact) mass is 220 g/mol. The normalized spacial score (nSPS) is 17.6. The molecule has 4 nitrogen and oxygen atoms in total. The second-order valence-electron chi connectivity index (χ2n) is 4.31. The fraction of sp³-hybridized carbons (Fsp3) is 0.417. The Balaban J connectivity index is 2.10. The van der Waals surface area contributed by atoms with Crippen molar-refractivity contribution in [1.82, 2.24) is 0 Å². The average Bonchev–Trinajstić information content (AvgIpc) is 2.21. The summed E-state index contributed by atoms with van der Waals surface area (Å²) in [4.78, 5) is 12.0. The molecule has 0 aromatic heterocycles. The minimum Gasteiger partial charge on any atom is -0.506 e. The maximum Gasteiger partial charge on any atom is 0.231 e. The number of nitrogens with two attached hydrogens (primary N) is 1. The van der Waals surface area contributed by atoms with Gasteiger partial charge >= 0.3 is 0 Å². The van der Waals surface area contributed by atoms with Crippen LogP contribution in [0, 0.1) is 5.41 Å². The van der Waals surface area contributed by atoms with E-state index >= 15 is 0 Å². The van der Waals surface area contributed by atoms with Crippen LogP contribution in [0.4, 0.5) is 5.69 Å². The highest BCUT2D eigenvalue weighted by molar-refractivity contribution is 5.97. The summed E-state index contributed by atoms with van der Waals surface area (Å²) in [6.07, 6.45) is 2.72. The number of para-hydroxylation sites is 2. The predicted molar refractivity (Wildman–Crippen MR) is 62.1 cm³/mol. The Kier molecular flexibility index (Phi) is 2.83. The highest BCUT2D eigenvalue weighted by Gasteiger charge is 2.42. The van der Waals surface area contributed by atoms with E-state index in [9.17, 15) is 9.90 Å². The Hall–Kier alpha value is -1.55. The molecule has 86 valence electrons. The number of amides is 1. The van der Waals surface area contributed by atoms with Crippen molar-refractivity contribution in [1.29, 1.82) is 0 Å². The lowest BCUT2D eigenvalue weighted by atomic mass is 9.68. The van der Waals surface area contributed by atoms with Crippen LogP contribution in [0.15, 0.2) is 24.3 Å². The van der Waals surface area contributed by atoms with Gasteiger partial charge in [0.15, 0.2) is 0 Å². The quantitative estimate of drug-likeness (QED) is 0.675. The van der Waals surface area contributed by atoms with Crippen LogP contribution < -0.4 is 11.1 Å². The summed E-state index contributed by atoms with van der Waals surface area (Å²) in [5.41, 5.74) is 5.67. The van der Waals surface area contributed by atoms with Gasteiger partial charge in [-0.05, 0) is 25.0 Å². The molecule has 0 aliphatic heterocycles. The van der Waals surface area contributed by atoms with Crippen molar-refractivity contribution in [3.05, 3.63) is 24.3 Å². The summed E-state index contributed by atoms with van der Waals surface area (Å²) in [6, 6.07) is 6.71. The first-order valence-corrected chi connectivity index (χ1v) is 5.47. The summed E-state index contributed by atoms with van der Waals surface area (Å²) >= 11 is 0. The van der Waals surface area contributed by atoms with Crippen molar-refractivity contribution in [3.8, 4) is 5.75 Å². The maximum absolute atomic E-state index is 12.0. The van der Waals surface area contributed by atoms with Crippen molar-refractivity contribution < 1.29 is 9.90 Å². The largest absolute Gasteiger partial charge is 0.506 e. The summed E-state index contributed by atoms with van der Waals surface area (Å²) in [5, 5.41) is 12.3. The molecule has 0 unspecified atom stereocenters. The highest BCUT2D eigenvalue weighted by Crippen LogP contribution is 2.41. The zero-order valence-electron chi connectivity index (χ0n) is 9.07. The van der Waals surface area contributed by atoms with Gasteiger partial charge in [0.05, 0.1) is 11.1 Å². The molecular weight excluding hydrogens is 204 g/mol. The molecule has 1 aromatic carbocycles. The van der Waals surface area contributed by atoms with Crippen LogP contribution in [0.1, 0.15) is 19.3 Å². The second kappa shape index (κ2) is 4.14. The Morgan fingerprint density at radius 1 is 1.44 bits per heavy atom. The smallest absolute Gasteiger partial charge is 0.231 e. The van der Waals surface area contributed by atoms with Crippen molar-refractivity contribution in [2.24, 2.45) is 11.1 Å². The number of phenolic OH excluding ortho intramolecular Hbond substituents is 1. The number of nitrogens with one attached hydrogen (secondary N) is 1. The van der Waals surface area contributed by atoms with Gasteiger partial charge in [-0.2, -0.15) is 0 Å². The van der Waals surface area contributed by atoms with Gasteiger partial charge in [0.2, 0.25) is 5.91 Å². The Morgan fingerprint density at radius 2 is 2.12 bits per heavy atom. The molecule has 1 aliphatic rings. The van der Waals surface area contributed by atoms with E-state index in [-0.39, 0.29) is 11.7 Å². The van der Waals surface area contributed by atoms with Crippen molar-refractivity contribution >= 4 is 11.6 Å². The number of hydrogen-bond acceptors (Lipinski definition) is 3. The minimum absolute atomic E-state index is 0.0808. The third kappa shape index (κ3) is 1.76. The molecule has 1 aliphatic carbocycles. The minimum atomic E-state index is -0.414. The fourth-order valence-corrected chi connectivity index (χ4v) is 1.96. The fourth-order valence-electron chi connectivity index (χ4n) is 1.96. The maximum atomic E-state index is 12.0. The third-order valence-corrected chi connectivity index (χ3v) is 3.34. The van der Waals surface area contributed by atoms with Gasteiger partial charge in [0.1, 0.15) is 5.75 Å². The highest BCUT2D eigenvalue weighted by atomic mass is 16.3. The molecule has 0 radical (unpaired) electrons. The molecule has 1 amide bonds. The number of hydrogen-bond donors (Lipinski definition) is 3. The lowest BCUT2D eigenvalue weighted by Gasteiger charge is -2.39. The summed E-state index contributed by atoms with van der Waals surface area (Å²) in [7, 11) is 0. The first-order valence-electron chi connectivity index (χ1n) is 5.47. The number of phenols is 1. The average molecular weight is 220 g/mol. The van der Waals surface area contributed by atoms with E-state index in [2.05, 4.69) is 5.32 Å². The summed E-state index contributed by atoms with van der Waals surface area (Å²) in [6.45, 7) is 0.367. The first-order chi connectivity index (χ1) is 7.68. The van der Waals surface area contributed by atoms with E-state index in [0.717, 1.165) is 19.3 Å². The van der Waals surface area contributed by atoms with Gasteiger partial charge in [-0.25, -0.2) is 0 Å². The molecule has 2 rings (SSSR count). The molecule has 4 N–H and O–H groups in total. The van der Waals surface area contributed by atoms with Gasteiger partial charge in [-0.1, -0.05) is 18.6 Å². The molecule has 0 heterocycles. The molecule has 0 atom stereocenters. The van der Waals surface area contributed by atoms with Gasteiger partial charge in [-0.15, -0.1) is 0 Å². The molecule has 0 bridgehead atoms. The Labute approximate surface area is 94.5 Å². The number of carbonyl (C=O) groups excluding carboxylic acids is 1. The van der Waals surface area contributed by atoms with E-state index in [1.165, 1.54) is 0 Å². The third-order valence-electron chi connectivity index (χ3n) is 3.34. The van der Waals surface area contributed by atoms with Gasteiger partial charge in [-0.3, -0.25) is 4.79 Å². The van der Waals surface area contributed by atoms with E-state index in [1.54, 1.807) is 24.3 Å². The summed E-state index contributed by atoms with van der Waals surface area (Å²) < 4.78 is 0. The van der Waals surface area contributed by atoms with Gasteiger partial charge in [0, 0.05) is 6.54 Å². The van der Waals surface area contributed by atoms with Crippen LogP contribution in [0.5, 0.6) is 5.75 Å². The lowest BCUT2D eigenvalue weighted by Crippen LogP contribution is -2.47. The number of benzene rings is 1. The van der Waals surface area contributed by atoms with Crippen LogP contribution in [-0.4, -0.2) is 17.6 Å². The molecule has 1 fully saturated rings. The topological polar surface area (TPSA) is 75.4 Å². The van der Waals surface area contributed by atoms with Crippen LogP contribution in [0.3, 0.4) is 0 Å². The number of anilines is 1. The van der Waals surface area contributed by atoms with E-state index in [4.69, 9.17) is 5.73 Å². The molecule has 0 spiro atoms. The standard InChI is InChI=1S/C12H16N2O2/c13-8-12(6-3-7-12)11(16)14-9-4-1-2-5-10(9)15/h1-2,4-5,15H,3,6-8,13H2,(H,14,16). The second-order valence-corrected chi connectivity index (χ2v) is 4.31. The lowest BCUT2D eigenvalue weighted by molar-refractivity contribution is -0.129. The Morgan fingerprint density at radius 3 is 2.62 bits per heavy atom. The molecule has 1 saturated carbocycles. The van der Waals surface area contributed by atoms with Crippen LogP contribution >= 0.6 is 0 Å². The number of aromatic hydroxyl groups is 1. The molecular formula is C12H16N2O2. The zero-order chi connectivity index (χ0) is 11.6. The van der Waals surface area contributed by atoms with E-state index in [0.29, 0.717) is 12.2 Å². The predicted octanol–water partition coefficient (Wildman–Crippen LogP) is 1.46. The first kappa shape index (κ1) is 11.0. The van der Waals surface area contributed by atoms with E-state index in [1.807, 2.05) is 0 Å². The zero-order valence-corrected chi connectivity index (χ0v) is 9.07.